The molecule has 0 radical (unpaired) electrons. The lowest BCUT2D eigenvalue weighted by molar-refractivity contribution is 0.613. The van der Waals surface area contributed by atoms with Crippen LogP contribution in [0.25, 0.3) is 0 Å². The lowest BCUT2D eigenvalue weighted by Crippen LogP contribution is -2.08. The van der Waals surface area contributed by atoms with Gasteiger partial charge in [-0.3, -0.25) is 0 Å². The van der Waals surface area contributed by atoms with E-state index >= 15 is 0 Å². The van der Waals surface area contributed by atoms with Crippen LogP contribution in [-0.4, -0.2) is 26.1 Å². The van der Waals surface area contributed by atoms with Gasteiger partial charge in [0.25, 0.3) is 0 Å². The molecule has 0 aromatic carbocycles. The second-order valence-corrected chi connectivity index (χ2v) is 3.31. The van der Waals surface area contributed by atoms with Crippen molar-refractivity contribution < 1.29 is 4.39 Å². The minimum atomic E-state index is -0.427. The Hall–Kier alpha value is -1.98. The highest BCUT2D eigenvalue weighted by Gasteiger charge is 1.96. The van der Waals surface area contributed by atoms with Crippen molar-refractivity contribution in [3.05, 3.63) is 36.9 Å². The van der Waals surface area contributed by atoms with E-state index in [9.17, 15) is 4.39 Å². The maximum absolute atomic E-state index is 12.5. The van der Waals surface area contributed by atoms with E-state index in [4.69, 9.17) is 0 Å². The van der Waals surface area contributed by atoms with E-state index in [1.54, 1.807) is 12.5 Å². The summed E-state index contributed by atoms with van der Waals surface area (Å²) in [5.41, 5.74) is 0. The van der Waals surface area contributed by atoms with E-state index < -0.39 is 5.82 Å². The molecule has 0 amide bonds. The van der Waals surface area contributed by atoms with Crippen LogP contribution in [0, 0.1) is 5.82 Å². The van der Waals surface area contributed by atoms with E-state index in [2.05, 4.69) is 20.3 Å². The summed E-state index contributed by atoms with van der Waals surface area (Å²) in [4.78, 5) is 11.5. The first-order valence-corrected chi connectivity index (χ1v) is 5.02. The summed E-state index contributed by atoms with van der Waals surface area (Å²) in [5.74, 6) is 0.0241. The highest BCUT2D eigenvalue weighted by Crippen LogP contribution is 1.98. The Kier molecular flexibility index (Phi) is 3.42. The van der Waals surface area contributed by atoms with E-state index in [-0.39, 0.29) is 0 Å². The molecule has 16 heavy (non-hydrogen) atoms. The highest BCUT2D eigenvalue weighted by atomic mass is 19.1. The van der Waals surface area contributed by atoms with Gasteiger partial charge in [0.05, 0.1) is 18.7 Å². The smallest absolute Gasteiger partial charge is 0.222 e. The van der Waals surface area contributed by atoms with Crippen molar-refractivity contribution in [3.63, 3.8) is 0 Å². The van der Waals surface area contributed by atoms with Crippen molar-refractivity contribution in [2.75, 3.05) is 11.9 Å². The van der Waals surface area contributed by atoms with Crippen molar-refractivity contribution >= 4 is 5.95 Å². The van der Waals surface area contributed by atoms with Crippen LogP contribution in [0.2, 0.25) is 0 Å². The molecule has 0 saturated carbocycles. The predicted molar refractivity (Wildman–Crippen MR) is 57.3 cm³/mol. The Labute approximate surface area is 92.4 Å². The Morgan fingerprint density at radius 3 is 2.81 bits per heavy atom. The first-order valence-electron chi connectivity index (χ1n) is 5.02. The summed E-state index contributed by atoms with van der Waals surface area (Å²) in [5, 5.41) is 3.01. The van der Waals surface area contributed by atoms with Crippen molar-refractivity contribution in [2.24, 2.45) is 0 Å². The molecular weight excluding hydrogens is 209 g/mol. The Morgan fingerprint density at radius 1 is 1.31 bits per heavy atom. The van der Waals surface area contributed by atoms with Crippen LogP contribution >= 0.6 is 0 Å². The summed E-state index contributed by atoms with van der Waals surface area (Å²) in [7, 11) is 0. The molecule has 0 atom stereocenters. The second kappa shape index (κ2) is 5.20. The Balaban J connectivity index is 1.70. The van der Waals surface area contributed by atoms with Crippen LogP contribution < -0.4 is 5.32 Å². The second-order valence-electron chi connectivity index (χ2n) is 3.31. The van der Waals surface area contributed by atoms with Crippen LogP contribution in [0.1, 0.15) is 6.42 Å². The molecule has 1 N–H and O–H groups in total. The van der Waals surface area contributed by atoms with Crippen LogP contribution in [0.3, 0.4) is 0 Å². The largest absolute Gasteiger partial charge is 0.354 e. The van der Waals surface area contributed by atoms with Gasteiger partial charge in [-0.15, -0.1) is 0 Å². The predicted octanol–water partition coefficient (Wildman–Crippen LogP) is 1.31. The fraction of sp³-hybridized carbons (Fsp3) is 0.300. The Bertz CT molecular complexity index is 411. The maximum Gasteiger partial charge on any atom is 0.222 e. The van der Waals surface area contributed by atoms with Gasteiger partial charge in [-0.05, 0) is 6.42 Å². The molecule has 5 nitrogen and oxygen atoms in total. The lowest BCUT2D eigenvalue weighted by Gasteiger charge is -2.04. The van der Waals surface area contributed by atoms with Gasteiger partial charge in [0.2, 0.25) is 5.95 Å². The number of aryl methyl sites for hydroxylation is 1. The molecule has 0 spiro atoms. The molecule has 0 fully saturated rings. The molecule has 0 saturated heterocycles. The van der Waals surface area contributed by atoms with E-state index in [0.717, 1.165) is 31.9 Å². The molecular formula is C10H12FN5. The standard InChI is InChI=1S/C10H12FN5/c11-9-6-14-10(15-7-9)13-2-1-4-16-5-3-12-8-16/h3,5-8H,1-2,4H2,(H,13,14,15). The number of rotatable bonds is 5. The molecule has 0 aliphatic rings. The Morgan fingerprint density at radius 2 is 2.12 bits per heavy atom. The fourth-order valence-corrected chi connectivity index (χ4v) is 1.28. The zero-order valence-corrected chi connectivity index (χ0v) is 8.67. The number of nitrogens with one attached hydrogen (secondary N) is 1. The number of imidazole rings is 1. The third-order valence-corrected chi connectivity index (χ3v) is 2.06. The van der Waals surface area contributed by atoms with Gasteiger partial charge in [-0.25, -0.2) is 19.3 Å². The molecule has 2 aromatic heterocycles. The highest BCUT2D eigenvalue weighted by molar-refractivity contribution is 5.21. The summed E-state index contributed by atoms with van der Waals surface area (Å²) < 4.78 is 14.5. The zero-order chi connectivity index (χ0) is 11.2. The number of hydrogen-bond acceptors (Lipinski definition) is 4. The molecule has 0 unspecified atom stereocenters. The minimum absolute atomic E-state index is 0.427. The number of hydrogen-bond donors (Lipinski definition) is 1. The maximum atomic E-state index is 12.5. The van der Waals surface area contributed by atoms with Crippen LogP contribution in [-0.2, 0) is 6.54 Å². The SMILES string of the molecule is Fc1cnc(NCCCn2ccnc2)nc1. The minimum Gasteiger partial charge on any atom is -0.354 e. The third-order valence-electron chi connectivity index (χ3n) is 2.06. The summed E-state index contributed by atoms with van der Waals surface area (Å²) in [6.07, 6.45) is 8.65. The van der Waals surface area contributed by atoms with Crippen molar-refractivity contribution in [1.29, 1.82) is 0 Å². The van der Waals surface area contributed by atoms with Gasteiger partial charge in [0.15, 0.2) is 5.82 Å². The van der Waals surface area contributed by atoms with E-state index in [1.165, 1.54) is 0 Å². The molecule has 2 rings (SSSR count). The van der Waals surface area contributed by atoms with Gasteiger partial charge in [0, 0.05) is 25.5 Å². The van der Waals surface area contributed by atoms with Crippen molar-refractivity contribution in [1.82, 2.24) is 19.5 Å². The third kappa shape index (κ3) is 3.01. The summed E-state index contributed by atoms with van der Waals surface area (Å²) in [6.45, 7) is 1.62. The normalized spacial score (nSPS) is 10.3. The van der Waals surface area contributed by atoms with Gasteiger partial charge in [-0.1, -0.05) is 0 Å². The van der Waals surface area contributed by atoms with Gasteiger partial charge < -0.3 is 9.88 Å². The molecule has 2 aromatic rings. The quantitative estimate of drug-likeness (QED) is 0.773. The number of halogens is 1. The molecule has 0 aliphatic carbocycles. The topological polar surface area (TPSA) is 55.6 Å². The number of nitrogens with zero attached hydrogens (tertiary/aromatic N) is 4. The zero-order valence-electron chi connectivity index (χ0n) is 8.67. The van der Waals surface area contributed by atoms with Crippen LogP contribution in [0.5, 0.6) is 0 Å². The fourth-order valence-electron chi connectivity index (χ4n) is 1.28. The monoisotopic (exact) mass is 221 g/mol. The first-order chi connectivity index (χ1) is 7.84. The van der Waals surface area contributed by atoms with Crippen molar-refractivity contribution in [3.8, 4) is 0 Å². The van der Waals surface area contributed by atoms with Gasteiger partial charge in [-0.2, -0.15) is 0 Å². The molecule has 2 heterocycles. The summed E-state index contributed by atoms with van der Waals surface area (Å²) in [6, 6.07) is 0. The molecule has 0 aliphatic heterocycles. The van der Waals surface area contributed by atoms with Crippen molar-refractivity contribution in [2.45, 2.75) is 13.0 Å². The van der Waals surface area contributed by atoms with E-state index in [1.807, 2.05) is 10.8 Å². The molecule has 6 heteroatoms. The van der Waals surface area contributed by atoms with Crippen LogP contribution in [0.4, 0.5) is 10.3 Å². The molecule has 0 bridgehead atoms. The van der Waals surface area contributed by atoms with E-state index in [0.29, 0.717) is 5.95 Å². The lowest BCUT2D eigenvalue weighted by atomic mass is 10.4. The van der Waals surface area contributed by atoms with Crippen LogP contribution in [0.15, 0.2) is 31.1 Å². The van der Waals surface area contributed by atoms with Gasteiger partial charge in [0.1, 0.15) is 0 Å². The summed E-state index contributed by atoms with van der Waals surface area (Å²) >= 11 is 0. The average molecular weight is 221 g/mol. The number of aromatic nitrogens is 4. The first kappa shape index (κ1) is 10.5. The number of anilines is 1. The van der Waals surface area contributed by atoms with Gasteiger partial charge >= 0.3 is 0 Å². The average Bonchev–Trinajstić information content (AvgIpc) is 2.80. The molecule has 84 valence electrons.